The van der Waals surface area contributed by atoms with Crippen LogP contribution in [0.3, 0.4) is 0 Å². The van der Waals surface area contributed by atoms with Crippen LogP contribution in [-0.4, -0.2) is 47.6 Å². The van der Waals surface area contributed by atoms with E-state index in [-0.39, 0.29) is 17.3 Å². The molecule has 3 rings (SSSR count). The molecule has 0 aliphatic carbocycles. The van der Waals surface area contributed by atoms with E-state index < -0.39 is 11.0 Å². The summed E-state index contributed by atoms with van der Waals surface area (Å²) in [6.45, 7) is 2.43. The maximum atomic E-state index is 12.7. The molecule has 1 aromatic heterocycles. The summed E-state index contributed by atoms with van der Waals surface area (Å²) < 4.78 is 10.6. The molecule has 0 aliphatic rings. The Bertz CT molecular complexity index is 1070. The van der Waals surface area contributed by atoms with Crippen LogP contribution >= 0.6 is 0 Å². The summed E-state index contributed by atoms with van der Waals surface area (Å²) in [6.07, 6.45) is 1.47. The average Bonchev–Trinajstić information content (AvgIpc) is 3.27. The van der Waals surface area contributed by atoms with Crippen molar-refractivity contribution in [2.45, 2.75) is 25.8 Å². The number of anilines is 1. The van der Waals surface area contributed by atoms with Crippen molar-refractivity contribution < 1.29 is 19.0 Å². The van der Waals surface area contributed by atoms with Gasteiger partial charge in [0, 0.05) is 30.2 Å². The predicted octanol–water partition coefficient (Wildman–Crippen LogP) is 4.15. The fourth-order valence-electron chi connectivity index (χ4n) is 3.22. The highest BCUT2D eigenvalue weighted by Gasteiger charge is 2.21. The summed E-state index contributed by atoms with van der Waals surface area (Å²) in [5, 5.41) is 17.9. The Balaban J connectivity index is 1.53. The van der Waals surface area contributed by atoms with Crippen LogP contribution in [0.2, 0.25) is 0 Å². The van der Waals surface area contributed by atoms with Gasteiger partial charge >= 0.3 is 0 Å². The summed E-state index contributed by atoms with van der Waals surface area (Å²) in [4.78, 5) is 25.1. The number of rotatable bonds is 10. The van der Waals surface area contributed by atoms with Crippen LogP contribution in [0.5, 0.6) is 5.75 Å². The van der Waals surface area contributed by atoms with Gasteiger partial charge in [-0.2, -0.15) is 0 Å². The van der Waals surface area contributed by atoms with Crippen molar-refractivity contribution in [3.8, 4) is 17.0 Å². The first-order chi connectivity index (χ1) is 15.4. The predicted molar refractivity (Wildman–Crippen MR) is 121 cm³/mol. The van der Waals surface area contributed by atoms with Crippen molar-refractivity contribution in [1.29, 1.82) is 0 Å². The van der Waals surface area contributed by atoms with Crippen molar-refractivity contribution in [2.75, 3.05) is 26.0 Å². The normalized spacial score (nSPS) is 11.9. The number of nitrogens with one attached hydrogen (secondary N) is 1. The number of likely N-dealkylation sites (N-methyl/N-ethyl adjacent to an activating group) is 1. The highest BCUT2D eigenvalue weighted by atomic mass is 16.6. The third kappa shape index (κ3) is 5.70. The zero-order valence-corrected chi connectivity index (χ0v) is 18.3. The molecule has 0 saturated heterocycles. The molecule has 9 nitrogen and oxygen atoms in total. The molecule has 168 valence electrons. The van der Waals surface area contributed by atoms with Crippen LogP contribution in [0.4, 0.5) is 11.4 Å². The number of aromatic nitrogens is 1. The first kappa shape index (κ1) is 23.0. The molecule has 0 spiro atoms. The molecule has 0 fully saturated rings. The van der Waals surface area contributed by atoms with E-state index in [9.17, 15) is 14.9 Å². The summed E-state index contributed by atoms with van der Waals surface area (Å²) >= 11 is 0. The molecule has 1 atom stereocenters. The topological polar surface area (TPSA) is 111 Å². The number of carbonyl (C=O) groups excluding carboxylic acids is 1. The summed E-state index contributed by atoms with van der Waals surface area (Å²) in [5.74, 6) is 0.867. The number of hydrogen-bond donors (Lipinski definition) is 1. The number of benzene rings is 2. The first-order valence-electron chi connectivity index (χ1n) is 10.2. The standard InChI is InChI=1S/C23H26N4O5/c1-16(23(28)24-21-14-18(27(29)30)11-12-22(21)31-3)26(2)13-7-10-19-15-20(25-32-19)17-8-5-4-6-9-17/h4-6,8-9,11-12,14-16H,7,10,13H2,1-3H3,(H,24,28). The minimum atomic E-state index is -0.517. The van der Waals surface area contributed by atoms with Crippen LogP contribution in [0.1, 0.15) is 19.1 Å². The van der Waals surface area contributed by atoms with Crippen LogP contribution in [0.15, 0.2) is 59.1 Å². The second-order valence-electron chi connectivity index (χ2n) is 7.44. The molecule has 2 aromatic carbocycles. The Morgan fingerprint density at radius 3 is 2.69 bits per heavy atom. The Morgan fingerprint density at radius 1 is 1.25 bits per heavy atom. The number of hydrogen-bond acceptors (Lipinski definition) is 7. The van der Waals surface area contributed by atoms with Crippen molar-refractivity contribution in [1.82, 2.24) is 10.1 Å². The number of carbonyl (C=O) groups is 1. The smallest absolute Gasteiger partial charge is 0.271 e. The molecule has 0 radical (unpaired) electrons. The molecular formula is C23H26N4O5. The molecule has 1 N–H and O–H groups in total. The van der Waals surface area contributed by atoms with E-state index in [4.69, 9.17) is 9.26 Å². The molecule has 1 unspecified atom stereocenters. The van der Waals surface area contributed by atoms with Crippen molar-refractivity contribution in [3.05, 3.63) is 70.5 Å². The van der Waals surface area contributed by atoms with Crippen molar-refractivity contribution in [2.24, 2.45) is 0 Å². The number of nitro benzene ring substituents is 1. The summed E-state index contributed by atoms with van der Waals surface area (Å²) in [6, 6.07) is 15.4. The average molecular weight is 438 g/mol. The van der Waals surface area contributed by atoms with Crippen LogP contribution in [0.25, 0.3) is 11.3 Å². The molecular weight excluding hydrogens is 412 g/mol. The number of nitro groups is 1. The zero-order valence-electron chi connectivity index (χ0n) is 18.3. The van der Waals surface area contributed by atoms with E-state index in [1.54, 1.807) is 6.92 Å². The van der Waals surface area contributed by atoms with Crippen molar-refractivity contribution >= 4 is 17.3 Å². The Morgan fingerprint density at radius 2 is 2.00 bits per heavy atom. The number of ether oxygens (including phenoxy) is 1. The van der Waals surface area contributed by atoms with Gasteiger partial charge in [-0.15, -0.1) is 0 Å². The van der Waals surface area contributed by atoms with Gasteiger partial charge < -0.3 is 14.6 Å². The van der Waals surface area contributed by atoms with E-state index in [1.807, 2.05) is 48.3 Å². The summed E-state index contributed by atoms with van der Waals surface area (Å²) in [7, 11) is 3.30. The number of aryl methyl sites for hydroxylation is 1. The Kier molecular flexibility index (Phi) is 7.56. The van der Waals surface area contributed by atoms with E-state index in [0.717, 1.165) is 23.4 Å². The molecule has 0 saturated carbocycles. The SMILES string of the molecule is COc1ccc([N+](=O)[O-])cc1NC(=O)C(C)N(C)CCCc1cc(-c2ccccc2)no1. The maximum Gasteiger partial charge on any atom is 0.271 e. The first-order valence-corrected chi connectivity index (χ1v) is 10.2. The molecule has 1 amide bonds. The second-order valence-corrected chi connectivity index (χ2v) is 7.44. The zero-order chi connectivity index (χ0) is 23.1. The van der Waals surface area contributed by atoms with Gasteiger partial charge in [0.1, 0.15) is 17.2 Å². The van der Waals surface area contributed by atoms with E-state index >= 15 is 0 Å². The van der Waals surface area contributed by atoms with Gasteiger partial charge in [-0.3, -0.25) is 19.8 Å². The van der Waals surface area contributed by atoms with Gasteiger partial charge in [-0.05, 0) is 33.0 Å². The molecule has 32 heavy (non-hydrogen) atoms. The lowest BCUT2D eigenvalue weighted by atomic mass is 10.1. The minimum absolute atomic E-state index is 0.121. The Labute approximate surface area is 186 Å². The highest BCUT2D eigenvalue weighted by molar-refractivity contribution is 5.96. The lowest BCUT2D eigenvalue weighted by molar-refractivity contribution is -0.384. The van der Waals surface area contributed by atoms with Gasteiger partial charge in [-0.25, -0.2) is 0 Å². The highest BCUT2D eigenvalue weighted by Crippen LogP contribution is 2.29. The molecule has 0 aliphatic heterocycles. The lowest BCUT2D eigenvalue weighted by Gasteiger charge is -2.24. The number of nitrogens with zero attached hydrogens (tertiary/aromatic N) is 3. The van der Waals surface area contributed by atoms with Crippen LogP contribution in [0, 0.1) is 10.1 Å². The van der Waals surface area contributed by atoms with E-state index in [2.05, 4.69) is 10.5 Å². The number of amides is 1. The van der Waals surface area contributed by atoms with Gasteiger partial charge in [0.25, 0.3) is 5.69 Å². The largest absolute Gasteiger partial charge is 0.495 e. The van der Waals surface area contributed by atoms with Gasteiger partial charge in [0.15, 0.2) is 0 Å². The third-order valence-electron chi connectivity index (χ3n) is 5.25. The number of methoxy groups -OCH3 is 1. The van der Waals surface area contributed by atoms with E-state index in [0.29, 0.717) is 18.7 Å². The van der Waals surface area contributed by atoms with Crippen LogP contribution < -0.4 is 10.1 Å². The Hall–Kier alpha value is -3.72. The quantitative estimate of drug-likeness (QED) is 0.374. The van der Waals surface area contributed by atoms with Gasteiger partial charge in [0.2, 0.25) is 5.91 Å². The number of non-ortho nitro benzene ring substituents is 1. The monoisotopic (exact) mass is 438 g/mol. The second kappa shape index (κ2) is 10.5. The third-order valence-corrected chi connectivity index (χ3v) is 5.25. The minimum Gasteiger partial charge on any atom is -0.495 e. The molecule has 3 aromatic rings. The molecule has 9 heteroatoms. The summed E-state index contributed by atoms with van der Waals surface area (Å²) in [5.41, 5.74) is 1.94. The maximum absolute atomic E-state index is 12.7. The molecule has 1 heterocycles. The molecule has 0 bridgehead atoms. The van der Waals surface area contributed by atoms with Gasteiger partial charge in [0.05, 0.1) is 23.8 Å². The van der Waals surface area contributed by atoms with Crippen LogP contribution in [-0.2, 0) is 11.2 Å². The fraction of sp³-hybridized carbons (Fsp3) is 0.304. The van der Waals surface area contributed by atoms with Gasteiger partial charge in [-0.1, -0.05) is 35.5 Å². The van der Waals surface area contributed by atoms with E-state index in [1.165, 1.54) is 25.3 Å². The fourth-order valence-corrected chi connectivity index (χ4v) is 3.22. The lowest BCUT2D eigenvalue weighted by Crippen LogP contribution is -2.40. The van der Waals surface area contributed by atoms with Crippen molar-refractivity contribution in [3.63, 3.8) is 0 Å².